The van der Waals surface area contributed by atoms with Gasteiger partial charge in [-0.3, -0.25) is 9.59 Å². The summed E-state index contributed by atoms with van der Waals surface area (Å²) in [6.45, 7) is 4.13. The van der Waals surface area contributed by atoms with Gasteiger partial charge in [-0.2, -0.15) is 0 Å². The zero-order valence-corrected chi connectivity index (χ0v) is 10.9. The van der Waals surface area contributed by atoms with E-state index in [1.54, 1.807) is 6.92 Å². The molecule has 0 radical (unpaired) electrons. The third kappa shape index (κ3) is 3.48. The number of rotatable bonds is 5. The van der Waals surface area contributed by atoms with Crippen LogP contribution in [0.25, 0.3) is 0 Å². The molecule has 7 heteroatoms. The second-order valence-corrected chi connectivity index (χ2v) is 4.24. The van der Waals surface area contributed by atoms with E-state index >= 15 is 0 Å². The molecule has 0 aliphatic rings. The van der Waals surface area contributed by atoms with Crippen molar-refractivity contribution in [2.24, 2.45) is 0 Å². The second-order valence-electron chi connectivity index (χ2n) is 3.49. The Bertz CT molecular complexity index is 405. The third-order valence-corrected chi connectivity index (χ3v) is 2.99. The molecule has 0 fully saturated rings. The van der Waals surface area contributed by atoms with Gasteiger partial charge in [0.25, 0.3) is 5.91 Å². The summed E-state index contributed by atoms with van der Waals surface area (Å²) in [5.41, 5.74) is 0.589. The Labute approximate surface area is 104 Å². The van der Waals surface area contributed by atoms with E-state index in [1.165, 1.54) is 12.0 Å². The van der Waals surface area contributed by atoms with Gasteiger partial charge in [0.2, 0.25) is 0 Å². The van der Waals surface area contributed by atoms with E-state index in [4.69, 9.17) is 0 Å². The SMILES string of the molecule is CCCN(CC(=O)OC)C(=O)c1snnc1C. The topological polar surface area (TPSA) is 72.4 Å². The first kappa shape index (κ1) is 13.6. The van der Waals surface area contributed by atoms with Crippen LogP contribution in [0.1, 0.15) is 28.7 Å². The number of hydrogen-bond donors (Lipinski definition) is 0. The Morgan fingerprint density at radius 1 is 1.47 bits per heavy atom. The van der Waals surface area contributed by atoms with Crippen LogP contribution in [0, 0.1) is 6.92 Å². The van der Waals surface area contributed by atoms with E-state index in [0.717, 1.165) is 18.0 Å². The van der Waals surface area contributed by atoms with Crippen LogP contribution in [0.4, 0.5) is 0 Å². The first-order valence-electron chi connectivity index (χ1n) is 5.25. The van der Waals surface area contributed by atoms with Crippen molar-refractivity contribution in [2.45, 2.75) is 20.3 Å². The smallest absolute Gasteiger partial charge is 0.325 e. The molecule has 0 aliphatic carbocycles. The molecular formula is C10H15N3O3S. The van der Waals surface area contributed by atoms with Gasteiger partial charge in [-0.1, -0.05) is 11.4 Å². The molecule has 1 aromatic rings. The predicted molar refractivity (Wildman–Crippen MR) is 62.9 cm³/mol. The molecule has 1 aromatic heterocycles. The Balaban J connectivity index is 2.80. The van der Waals surface area contributed by atoms with Crippen molar-refractivity contribution in [1.29, 1.82) is 0 Å². The van der Waals surface area contributed by atoms with Crippen molar-refractivity contribution < 1.29 is 14.3 Å². The highest BCUT2D eigenvalue weighted by molar-refractivity contribution is 7.07. The van der Waals surface area contributed by atoms with Gasteiger partial charge >= 0.3 is 5.97 Å². The molecule has 1 amide bonds. The minimum atomic E-state index is -0.429. The minimum Gasteiger partial charge on any atom is -0.468 e. The lowest BCUT2D eigenvalue weighted by atomic mass is 10.3. The van der Waals surface area contributed by atoms with Crippen molar-refractivity contribution in [3.8, 4) is 0 Å². The molecule has 0 spiro atoms. The van der Waals surface area contributed by atoms with E-state index in [-0.39, 0.29) is 12.5 Å². The van der Waals surface area contributed by atoms with Gasteiger partial charge in [0.1, 0.15) is 11.4 Å². The highest BCUT2D eigenvalue weighted by atomic mass is 32.1. The molecule has 6 nitrogen and oxygen atoms in total. The highest BCUT2D eigenvalue weighted by Crippen LogP contribution is 2.13. The van der Waals surface area contributed by atoms with Crippen LogP contribution in [0.5, 0.6) is 0 Å². The van der Waals surface area contributed by atoms with Crippen molar-refractivity contribution >= 4 is 23.4 Å². The van der Waals surface area contributed by atoms with E-state index in [1.807, 2.05) is 6.92 Å². The molecule has 0 bridgehead atoms. The van der Waals surface area contributed by atoms with Crippen LogP contribution in [0.3, 0.4) is 0 Å². The summed E-state index contributed by atoms with van der Waals surface area (Å²) in [6, 6.07) is 0. The average Bonchev–Trinajstić information content (AvgIpc) is 2.73. The van der Waals surface area contributed by atoms with Gasteiger partial charge in [-0.05, 0) is 24.9 Å². The number of ether oxygens (including phenoxy) is 1. The predicted octanol–water partition coefficient (Wildman–Crippen LogP) is 0.872. The lowest BCUT2D eigenvalue weighted by molar-refractivity contribution is -0.141. The molecule has 0 aliphatic heterocycles. The zero-order valence-electron chi connectivity index (χ0n) is 10.1. The number of nitrogens with zero attached hydrogens (tertiary/aromatic N) is 3. The van der Waals surface area contributed by atoms with Crippen LogP contribution in [0.15, 0.2) is 0 Å². The van der Waals surface area contributed by atoms with Gasteiger partial charge in [-0.25, -0.2) is 0 Å². The van der Waals surface area contributed by atoms with Crippen LogP contribution in [-0.2, 0) is 9.53 Å². The van der Waals surface area contributed by atoms with Crippen LogP contribution >= 0.6 is 11.5 Å². The summed E-state index contributed by atoms with van der Waals surface area (Å²) >= 11 is 1.04. The maximum Gasteiger partial charge on any atom is 0.325 e. The number of carbonyl (C=O) groups excluding carboxylic acids is 2. The van der Waals surface area contributed by atoms with Crippen molar-refractivity contribution in [2.75, 3.05) is 20.2 Å². The molecule has 0 aromatic carbocycles. The molecule has 0 saturated carbocycles. The number of methoxy groups -OCH3 is 1. The van der Waals surface area contributed by atoms with Gasteiger partial charge in [0, 0.05) is 6.54 Å². The number of hydrogen-bond acceptors (Lipinski definition) is 6. The summed E-state index contributed by atoms with van der Waals surface area (Å²) in [5, 5.41) is 3.78. The molecule has 1 rings (SSSR count). The fraction of sp³-hybridized carbons (Fsp3) is 0.600. The maximum atomic E-state index is 12.1. The number of carbonyl (C=O) groups is 2. The Morgan fingerprint density at radius 2 is 2.18 bits per heavy atom. The van der Waals surface area contributed by atoms with E-state index in [2.05, 4.69) is 14.3 Å². The summed E-state index contributed by atoms with van der Waals surface area (Å²) in [7, 11) is 1.30. The van der Waals surface area contributed by atoms with Gasteiger partial charge in [0.05, 0.1) is 12.8 Å². The summed E-state index contributed by atoms with van der Waals surface area (Å²) in [6.07, 6.45) is 0.772. The second kappa shape index (κ2) is 6.29. The van der Waals surface area contributed by atoms with Crippen LogP contribution < -0.4 is 0 Å². The lowest BCUT2D eigenvalue weighted by Gasteiger charge is -2.19. The summed E-state index contributed by atoms with van der Waals surface area (Å²) in [4.78, 5) is 25.3. The molecular weight excluding hydrogens is 242 g/mol. The monoisotopic (exact) mass is 257 g/mol. The summed E-state index contributed by atoms with van der Waals surface area (Å²) in [5.74, 6) is -0.647. The van der Waals surface area contributed by atoms with Gasteiger partial charge < -0.3 is 9.64 Å². The molecule has 17 heavy (non-hydrogen) atoms. The minimum absolute atomic E-state index is 0.0412. The summed E-state index contributed by atoms with van der Waals surface area (Å²) < 4.78 is 8.28. The molecule has 1 heterocycles. The van der Waals surface area contributed by atoms with E-state index in [9.17, 15) is 9.59 Å². The highest BCUT2D eigenvalue weighted by Gasteiger charge is 2.22. The Hall–Kier alpha value is -1.50. The molecule has 0 saturated heterocycles. The van der Waals surface area contributed by atoms with Crippen molar-refractivity contribution in [1.82, 2.24) is 14.5 Å². The van der Waals surface area contributed by atoms with Crippen LogP contribution in [-0.4, -0.2) is 46.6 Å². The van der Waals surface area contributed by atoms with Crippen LogP contribution in [0.2, 0.25) is 0 Å². The quantitative estimate of drug-likeness (QED) is 0.732. The van der Waals surface area contributed by atoms with E-state index < -0.39 is 5.97 Å². The average molecular weight is 257 g/mol. The normalized spacial score (nSPS) is 10.1. The van der Waals surface area contributed by atoms with Gasteiger partial charge in [0.15, 0.2) is 0 Å². The Morgan fingerprint density at radius 3 is 2.65 bits per heavy atom. The van der Waals surface area contributed by atoms with Crippen molar-refractivity contribution in [3.05, 3.63) is 10.6 Å². The number of aryl methyl sites for hydroxylation is 1. The molecule has 0 N–H and O–H groups in total. The zero-order chi connectivity index (χ0) is 12.8. The standard InChI is InChI=1S/C10H15N3O3S/c1-4-5-13(6-8(14)16-3)10(15)9-7(2)11-12-17-9/h4-6H2,1-3H3. The fourth-order valence-electron chi connectivity index (χ4n) is 1.31. The largest absolute Gasteiger partial charge is 0.468 e. The third-order valence-electron chi connectivity index (χ3n) is 2.17. The Kier molecular flexibility index (Phi) is 5.02. The first-order valence-corrected chi connectivity index (χ1v) is 6.02. The first-order chi connectivity index (χ1) is 8.10. The molecule has 0 unspecified atom stereocenters. The number of aromatic nitrogens is 2. The van der Waals surface area contributed by atoms with Gasteiger partial charge in [-0.15, -0.1) is 5.10 Å². The molecule has 94 valence electrons. The van der Waals surface area contributed by atoms with Crippen molar-refractivity contribution in [3.63, 3.8) is 0 Å². The van der Waals surface area contributed by atoms with E-state index in [0.29, 0.717) is 17.1 Å². The number of amides is 1. The number of esters is 1. The lowest BCUT2D eigenvalue weighted by Crippen LogP contribution is -2.36. The maximum absolute atomic E-state index is 12.1. The fourth-order valence-corrected chi connectivity index (χ4v) is 1.94. The molecule has 0 atom stereocenters.